The molecule has 0 aromatic heterocycles. The van der Waals surface area contributed by atoms with Gasteiger partial charge in [-0.25, -0.2) is 4.79 Å². The van der Waals surface area contributed by atoms with Gasteiger partial charge in [-0.2, -0.15) is 0 Å². The van der Waals surface area contributed by atoms with E-state index in [1.807, 2.05) is 36.1 Å². The number of hydrogen-bond donors (Lipinski definition) is 1. The summed E-state index contributed by atoms with van der Waals surface area (Å²) in [6, 6.07) is 16.2. The van der Waals surface area contributed by atoms with Crippen molar-refractivity contribution in [2.75, 3.05) is 18.5 Å². The molecule has 0 spiro atoms. The minimum Gasteiger partial charge on any atom is -0.492 e. The predicted molar refractivity (Wildman–Crippen MR) is 106 cm³/mol. The van der Waals surface area contributed by atoms with E-state index in [1.54, 1.807) is 0 Å². The Bertz CT molecular complexity index is 744. The number of aryl methyl sites for hydroxylation is 1. The molecule has 1 fully saturated rings. The van der Waals surface area contributed by atoms with Gasteiger partial charge in [0, 0.05) is 6.54 Å². The van der Waals surface area contributed by atoms with Crippen molar-refractivity contribution in [3.05, 3.63) is 59.7 Å². The highest BCUT2D eigenvalue weighted by Crippen LogP contribution is 2.32. The number of likely N-dealkylation sites (tertiary alicyclic amines) is 1. The number of carbonyl (C=O) groups excluding carboxylic acids is 1. The molecule has 0 radical (unpaired) electrons. The predicted octanol–water partition coefficient (Wildman–Crippen LogP) is 5.54. The topological polar surface area (TPSA) is 41.6 Å². The molecule has 2 aromatic carbocycles. The third kappa shape index (κ3) is 4.37. The summed E-state index contributed by atoms with van der Waals surface area (Å²) in [6.07, 6.45) is 4.37. The number of rotatable bonds is 4. The normalized spacial score (nSPS) is 17.5. The summed E-state index contributed by atoms with van der Waals surface area (Å²) in [5, 5.41) is 3.07. The van der Waals surface area contributed by atoms with Crippen LogP contribution in [0.25, 0.3) is 0 Å². The van der Waals surface area contributed by atoms with Crippen LogP contribution in [0.5, 0.6) is 5.75 Å². The zero-order valence-corrected chi connectivity index (χ0v) is 15.7. The van der Waals surface area contributed by atoms with E-state index in [0.717, 1.165) is 31.5 Å². The van der Waals surface area contributed by atoms with E-state index in [4.69, 9.17) is 4.74 Å². The van der Waals surface area contributed by atoms with Crippen molar-refractivity contribution in [1.29, 1.82) is 0 Å². The number of urea groups is 1. The van der Waals surface area contributed by atoms with Crippen molar-refractivity contribution in [3.8, 4) is 5.75 Å². The standard InChI is InChI=1S/C22H28N2O2/c1-3-26-21-14-7-6-12-19(21)23-22(25)24-15-8-4-5-13-20(24)18-11-9-10-17(2)16-18/h6-7,9-12,14,16,20H,3-5,8,13,15H2,1-2H3,(H,23,25)/t20-/m1/s1. The second-order valence-electron chi connectivity index (χ2n) is 6.83. The molecule has 1 aliphatic heterocycles. The Balaban J connectivity index is 1.83. The lowest BCUT2D eigenvalue weighted by Gasteiger charge is -2.31. The Kier molecular flexibility index (Phi) is 6.16. The number of nitrogens with one attached hydrogen (secondary N) is 1. The molecule has 26 heavy (non-hydrogen) atoms. The van der Waals surface area contributed by atoms with Gasteiger partial charge in [-0.05, 0) is 44.4 Å². The fourth-order valence-electron chi connectivity index (χ4n) is 3.61. The Morgan fingerprint density at radius 2 is 2.00 bits per heavy atom. The molecule has 2 amide bonds. The third-order valence-corrected chi connectivity index (χ3v) is 4.87. The van der Waals surface area contributed by atoms with Crippen LogP contribution in [0.3, 0.4) is 0 Å². The van der Waals surface area contributed by atoms with E-state index in [2.05, 4.69) is 36.5 Å². The number of anilines is 1. The summed E-state index contributed by atoms with van der Waals surface area (Å²) >= 11 is 0. The zero-order valence-electron chi connectivity index (χ0n) is 15.7. The molecular weight excluding hydrogens is 324 g/mol. The van der Waals surface area contributed by atoms with Gasteiger partial charge >= 0.3 is 6.03 Å². The zero-order chi connectivity index (χ0) is 18.4. The average molecular weight is 352 g/mol. The Morgan fingerprint density at radius 1 is 1.15 bits per heavy atom. The quantitative estimate of drug-likeness (QED) is 0.784. The molecule has 1 aliphatic rings. The van der Waals surface area contributed by atoms with Gasteiger partial charge < -0.3 is 15.0 Å². The molecule has 0 aliphatic carbocycles. The summed E-state index contributed by atoms with van der Waals surface area (Å²) in [4.78, 5) is 15.1. The number of hydrogen-bond acceptors (Lipinski definition) is 2. The monoisotopic (exact) mass is 352 g/mol. The fourth-order valence-corrected chi connectivity index (χ4v) is 3.61. The highest BCUT2D eigenvalue weighted by molar-refractivity contribution is 5.91. The maximum Gasteiger partial charge on any atom is 0.322 e. The second-order valence-corrected chi connectivity index (χ2v) is 6.83. The summed E-state index contributed by atoms with van der Waals surface area (Å²) in [6.45, 7) is 5.40. The smallest absolute Gasteiger partial charge is 0.322 e. The molecule has 4 nitrogen and oxygen atoms in total. The first kappa shape index (κ1) is 18.3. The van der Waals surface area contributed by atoms with Crippen molar-refractivity contribution < 1.29 is 9.53 Å². The van der Waals surface area contributed by atoms with E-state index < -0.39 is 0 Å². The maximum atomic E-state index is 13.1. The van der Waals surface area contributed by atoms with Gasteiger partial charge in [-0.1, -0.05) is 54.8 Å². The van der Waals surface area contributed by atoms with Crippen LogP contribution in [0.1, 0.15) is 49.8 Å². The van der Waals surface area contributed by atoms with Gasteiger partial charge in [0.15, 0.2) is 0 Å². The lowest BCUT2D eigenvalue weighted by molar-refractivity contribution is 0.189. The molecule has 1 heterocycles. The van der Waals surface area contributed by atoms with Crippen LogP contribution < -0.4 is 10.1 Å². The first-order chi connectivity index (χ1) is 12.7. The van der Waals surface area contributed by atoms with Crippen LogP contribution in [-0.4, -0.2) is 24.1 Å². The van der Waals surface area contributed by atoms with E-state index in [0.29, 0.717) is 12.4 Å². The molecular formula is C22H28N2O2. The van der Waals surface area contributed by atoms with Gasteiger partial charge in [0.05, 0.1) is 18.3 Å². The summed E-state index contributed by atoms with van der Waals surface area (Å²) in [7, 11) is 0. The fraction of sp³-hybridized carbons (Fsp3) is 0.409. The van der Waals surface area contributed by atoms with Crippen molar-refractivity contribution in [3.63, 3.8) is 0 Å². The van der Waals surface area contributed by atoms with E-state index in [1.165, 1.54) is 17.5 Å². The first-order valence-electron chi connectivity index (χ1n) is 9.55. The summed E-state index contributed by atoms with van der Waals surface area (Å²) < 4.78 is 5.64. The van der Waals surface area contributed by atoms with Gasteiger partial charge in [0.2, 0.25) is 0 Å². The second kappa shape index (κ2) is 8.75. The number of nitrogens with zero attached hydrogens (tertiary/aromatic N) is 1. The van der Waals surface area contributed by atoms with Crippen LogP contribution in [-0.2, 0) is 0 Å². The van der Waals surface area contributed by atoms with E-state index >= 15 is 0 Å². The van der Waals surface area contributed by atoms with Gasteiger partial charge in [-0.15, -0.1) is 0 Å². The largest absolute Gasteiger partial charge is 0.492 e. The molecule has 1 atom stereocenters. The molecule has 3 rings (SSSR count). The molecule has 138 valence electrons. The minimum atomic E-state index is -0.0504. The van der Waals surface area contributed by atoms with E-state index in [9.17, 15) is 4.79 Å². The number of carbonyl (C=O) groups is 1. The van der Waals surface area contributed by atoms with Gasteiger partial charge in [-0.3, -0.25) is 0 Å². The molecule has 4 heteroatoms. The maximum absolute atomic E-state index is 13.1. The highest BCUT2D eigenvalue weighted by atomic mass is 16.5. The number of para-hydroxylation sites is 2. The van der Waals surface area contributed by atoms with Crippen LogP contribution in [0.4, 0.5) is 10.5 Å². The van der Waals surface area contributed by atoms with E-state index in [-0.39, 0.29) is 12.1 Å². The molecule has 0 saturated carbocycles. The molecule has 2 aromatic rings. The molecule has 1 saturated heterocycles. The third-order valence-electron chi connectivity index (χ3n) is 4.87. The van der Waals surface area contributed by atoms with Crippen LogP contribution >= 0.6 is 0 Å². The van der Waals surface area contributed by atoms with Gasteiger partial charge in [0.1, 0.15) is 5.75 Å². The van der Waals surface area contributed by atoms with Crippen LogP contribution in [0.2, 0.25) is 0 Å². The van der Waals surface area contributed by atoms with Crippen molar-refractivity contribution in [2.24, 2.45) is 0 Å². The summed E-state index contributed by atoms with van der Waals surface area (Å²) in [5.74, 6) is 0.713. The number of amides is 2. The first-order valence-corrected chi connectivity index (χ1v) is 9.55. The Hall–Kier alpha value is -2.49. The van der Waals surface area contributed by atoms with Crippen molar-refractivity contribution >= 4 is 11.7 Å². The lowest BCUT2D eigenvalue weighted by Crippen LogP contribution is -2.38. The molecule has 0 bridgehead atoms. The molecule has 0 unspecified atom stereocenters. The lowest BCUT2D eigenvalue weighted by atomic mass is 9.99. The van der Waals surface area contributed by atoms with Crippen LogP contribution in [0, 0.1) is 6.92 Å². The number of ether oxygens (including phenoxy) is 1. The minimum absolute atomic E-state index is 0.0504. The Labute approximate surface area is 156 Å². The molecule has 1 N–H and O–H groups in total. The Morgan fingerprint density at radius 3 is 2.81 bits per heavy atom. The van der Waals surface area contributed by atoms with Gasteiger partial charge in [0.25, 0.3) is 0 Å². The van der Waals surface area contributed by atoms with Crippen molar-refractivity contribution in [1.82, 2.24) is 4.90 Å². The SMILES string of the molecule is CCOc1ccccc1NC(=O)N1CCCCC[C@@H]1c1cccc(C)c1. The number of benzene rings is 2. The average Bonchev–Trinajstić information content (AvgIpc) is 2.89. The van der Waals surface area contributed by atoms with Crippen LogP contribution in [0.15, 0.2) is 48.5 Å². The summed E-state index contributed by atoms with van der Waals surface area (Å²) in [5.41, 5.74) is 3.18. The highest BCUT2D eigenvalue weighted by Gasteiger charge is 2.27. The van der Waals surface area contributed by atoms with Crippen molar-refractivity contribution in [2.45, 2.75) is 45.6 Å².